The van der Waals surface area contributed by atoms with Gasteiger partial charge in [-0.3, -0.25) is 9.69 Å². The highest BCUT2D eigenvalue weighted by Gasteiger charge is 2.26. The Hall–Kier alpha value is -3.35. The van der Waals surface area contributed by atoms with E-state index >= 15 is 0 Å². The molecule has 0 bridgehead atoms. The number of esters is 1. The van der Waals surface area contributed by atoms with Crippen molar-refractivity contribution in [3.63, 3.8) is 0 Å². The number of fused-ring (bicyclic) bond motifs is 1. The Morgan fingerprint density at radius 1 is 0.941 bits per heavy atom. The lowest BCUT2D eigenvalue weighted by Crippen LogP contribution is -2.52. The second-order valence-corrected chi connectivity index (χ2v) is 9.03. The summed E-state index contributed by atoms with van der Waals surface area (Å²) in [7, 11) is 1.44. The summed E-state index contributed by atoms with van der Waals surface area (Å²) in [6.07, 6.45) is 0. The van der Waals surface area contributed by atoms with E-state index in [-0.39, 0.29) is 12.0 Å². The summed E-state index contributed by atoms with van der Waals surface area (Å²) in [4.78, 5) is 24.4. The average molecular weight is 475 g/mol. The third-order valence-electron chi connectivity index (χ3n) is 6.57. The van der Waals surface area contributed by atoms with Crippen LogP contribution in [0.3, 0.4) is 0 Å². The molecule has 1 saturated heterocycles. The molecule has 0 radical (unpaired) electrons. The molecule has 0 aliphatic carbocycles. The molecule has 1 aliphatic rings. The Bertz CT molecular complexity index is 1290. The molecule has 0 spiro atoms. The van der Waals surface area contributed by atoms with E-state index in [1.807, 2.05) is 25.1 Å². The third-order valence-corrected chi connectivity index (χ3v) is 6.81. The van der Waals surface area contributed by atoms with Crippen LogP contribution < -0.4 is 4.90 Å². The highest BCUT2D eigenvalue weighted by atomic mass is 35.5. The van der Waals surface area contributed by atoms with Crippen LogP contribution in [0.25, 0.3) is 33.5 Å². The first kappa shape index (κ1) is 22.4. The lowest BCUT2D eigenvalue weighted by Gasteiger charge is -2.38. The average Bonchev–Trinajstić information content (AvgIpc) is 3.31. The predicted octanol–water partition coefficient (Wildman–Crippen LogP) is 5.23. The number of halogens is 1. The highest BCUT2D eigenvalue weighted by molar-refractivity contribution is 6.31. The van der Waals surface area contributed by atoms with Gasteiger partial charge in [0.05, 0.1) is 18.1 Å². The maximum atomic E-state index is 11.8. The summed E-state index contributed by atoms with van der Waals surface area (Å²) in [5, 5.41) is 0.694. The maximum absolute atomic E-state index is 11.8. The van der Waals surface area contributed by atoms with E-state index in [9.17, 15) is 4.79 Å². The van der Waals surface area contributed by atoms with Gasteiger partial charge in [0.1, 0.15) is 11.9 Å². The predicted molar refractivity (Wildman–Crippen MR) is 137 cm³/mol. The van der Waals surface area contributed by atoms with E-state index < -0.39 is 0 Å². The van der Waals surface area contributed by atoms with Crippen molar-refractivity contribution >= 4 is 34.3 Å². The number of ether oxygens (including phenoxy) is 1. The first-order chi connectivity index (χ1) is 16.5. The smallest absolute Gasteiger partial charge is 0.322 e. The molecule has 1 atom stereocenters. The van der Waals surface area contributed by atoms with Crippen LogP contribution in [-0.4, -0.2) is 60.2 Å². The van der Waals surface area contributed by atoms with E-state index in [0.29, 0.717) is 5.02 Å². The molecule has 1 N–H and O–H groups in total. The lowest BCUT2D eigenvalue weighted by atomic mass is 10.0. The first-order valence-electron chi connectivity index (χ1n) is 11.4. The van der Waals surface area contributed by atoms with Gasteiger partial charge in [-0.25, -0.2) is 4.98 Å². The molecular weight excluding hydrogens is 448 g/mol. The summed E-state index contributed by atoms with van der Waals surface area (Å²) in [5.74, 6) is 0.661. The van der Waals surface area contributed by atoms with Crippen molar-refractivity contribution in [3.05, 3.63) is 71.8 Å². The van der Waals surface area contributed by atoms with Crippen LogP contribution >= 0.6 is 11.6 Å². The van der Waals surface area contributed by atoms with Crippen molar-refractivity contribution in [1.29, 1.82) is 0 Å². The standard InChI is InChI=1S/C27H27ClN4O2/c1-18(27(33)34-2)31-13-15-32(16-14-31)23-10-7-20(8-11-23)19-3-5-21(6-4-19)26-29-24-12-9-22(28)17-25(24)30-26/h3-12,17-18H,13-16H2,1-2H3,(H,29,30). The number of carbonyl (C=O) groups is 1. The SMILES string of the molecule is COC(=O)C(C)N1CCN(c2ccc(-c3ccc(-c4nc5ccc(Cl)cc5[nH]4)cc3)cc2)CC1. The van der Waals surface area contributed by atoms with Gasteiger partial charge in [0.2, 0.25) is 0 Å². The molecule has 1 aliphatic heterocycles. The molecule has 2 heterocycles. The van der Waals surface area contributed by atoms with E-state index in [1.165, 1.54) is 18.4 Å². The number of benzene rings is 3. The van der Waals surface area contributed by atoms with Crippen molar-refractivity contribution in [1.82, 2.24) is 14.9 Å². The summed E-state index contributed by atoms with van der Waals surface area (Å²) in [6.45, 7) is 5.36. The van der Waals surface area contributed by atoms with E-state index in [4.69, 9.17) is 16.3 Å². The Labute approximate surface area is 204 Å². The molecule has 174 valence electrons. The zero-order valence-electron chi connectivity index (χ0n) is 19.3. The van der Waals surface area contributed by atoms with Gasteiger partial charge in [-0.1, -0.05) is 48.0 Å². The number of aromatic nitrogens is 2. The molecule has 0 saturated carbocycles. The number of methoxy groups -OCH3 is 1. The Kier molecular flexibility index (Phi) is 6.26. The van der Waals surface area contributed by atoms with Crippen molar-refractivity contribution in [2.75, 3.05) is 38.2 Å². The minimum atomic E-state index is -0.199. The van der Waals surface area contributed by atoms with Gasteiger partial charge in [-0.05, 0) is 48.4 Å². The summed E-state index contributed by atoms with van der Waals surface area (Å²) in [6, 6.07) is 22.6. The summed E-state index contributed by atoms with van der Waals surface area (Å²) in [5.41, 5.74) is 6.40. The molecule has 5 rings (SSSR count). The minimum absolute atomic E-state index is 0.173. The van der Waals surface area contributed by atoms with Crippen LogP contribution in [0.1, 0.15) is 6.92 Å². The number of piperazine rings is 1. The number of H-pyrrole nitrogens is 1. The normalized spacial score (nSPS) is 15.4. The van der Waals surface area contributed by atoms with Gasteiger partial charge in [-0.15, -0.1) is 0 Å². The number of hydrogen-bond acceptors (Lipinski definition) is 5. The van der Waals surface area contributed by atoms with E-state index in [0.717, 1.165) is 54.2 Å². The fourth-order valence-electron chi connectivity index (χ4n) is 4.49. The topological polar surface area (TPSA) is 61.5 Å². The largest absolute Gasteiger partial charge is 0.468 e. The molecule has 4 aromatic rings. The second-order valence-electron chi connectivity index (χ2n) is 8.59. The molecule has 1 fully saturated rings. The minimum Gasteiger partial charge on any atom is -0.468 e. The van der Waals surface area contributed by atoms with Gasteiger partial charge in [0.25, 0.3) is 0 Å². The van der Waals surface area contributed by atoms with Gasteiger partial charge in [0, 0.05) is 42.5 Å². The molecule has 7 heteroatoms. The molecule has 3 aromatic carbocycles. The quantitative estimate of drug-likeness (QED) is 0.401. The summed E-state index contributed by atoms with van der Waals surface area (Å²) < 4.78 is 4.88. The Morgan fingerprint density at radius 3 is 2.21 bits per heavy atom. The monoisotopic (exact) mass is 474 g/mol. The second kappa shape index (κ2) is 9.49. The number of carbonyl (C=O) groups excluding carboxylic acids is 1. The maximum Gasteiger partial charge on any atom is 0.322 e. The van der Waals surface area contributed by atoms with Crippen LogP contribution in [0.4, 0.5) is 5.69 Å². The molecule has 0 amide bonds. The number of nitrogens with zero attached hydrogens (tertiary/aromatic N) is 3. The van der Waals surface area contributed by atoms with E-state index in [2.05, 4.69) is 68.3 Å². The molecular formula is C27H27ClN4O2. The first-order valence-corrected chi connectivity index (χ1v) is 11.8. The highest BCUT2D eigenvalue weighted by Crippen LogP contribution is 2.28. The van der Waals surface area contributed by atoms with Crippen molar-refractivity contribution in [2.45, 2.75) is 13.0 Å². The van der Waals surface area contributed by atoms with Gasteiger partial charge >= 0.3 is 5.97 Å². The van der Waals surface area contributed by atoms with Crippen LogP contribution in [0.2, 0.25) is 5.02 Å². The zero-order chi connectivity index (χ0) is 23.7. The van der Waals surface area contributed by atoms with Crippen molar-refractivity contribution in [3.8, 4) is 22.5 Å². The van der Waals surface area contributed by atoms with Crippen LogP contribution in [0.5, 0.6) is 0 Å². The van der Waals surface area contributed by atoms with Gasteiger partial charge < -0.3 is 14.6 Å². The zero-order valence-corrected chi connectivity index (χ0v) is 20.0. The number of anilines is 1. The number of rotatable bonds is 5. The van der Waals surface area contributed by atoms with Crippen LogP contribution in [-0.2, 0) is 9.53 Å². The Balaban J connectivity index is 1.25. The third kappa shape index (κ3) is 4.52. The number of aromatic amines is 1. The number of imidazole rings is 1. The van der Waals surface area contributed by atoms with Crippen LogP contribution in [0, 0.1) is 0 Å². The molecule has 1 unspecified atom stereocenters. The Morgan fingerprint density at radius 2 is 1.56 bits per heavy atom. The van der Waals surface area contributed by atoms with Gasteiger partial charge in [0.15, 0.2) is 0 Å². The fraction of sp³-hybridized carbons (Fsp3) is 0.259. The molecule has 6 nitrogen and oxygen atoms in total. The van der Waals surface area contributed by atoms with Crippen LogP contribution in [0.15, 0.2) is 66.7 Å². The van der Waals surface area contributed by atoms with Gasteiger partial charge in [-0.2, -0.15) is 0 Å². The fourth-order valence-corrected chi connectivity index (χ4v) is 4.66. The molecule has 1 aromatic heterocycles. The number of hydrogen-bond donors (Lipinski definition) is 1. The summed E-state index contributed by atoms with van der Waals surface area (Å²) >= 11 is 6.09. The lowest BCUT2D eigenvalue weighted by molar-refractivity contribution is -0.146. The van der Waals surface area contributed by atoms with Crippen molar-refractivity contribution < 1.29 is 9.53 Å². The number of nitrogens with one attached hydrogen (secondary N) is 1. The van der Waals surface area contributed by atoms with Crippen molar-refractivity contribution in [2.24, 2.45) is 0 Å². The van der Waals surface area contributed by atoms with E-state index in [1.54, 1.807) is 0 Å². The molecule has 34 heavy (non-hydrogen) atoms.